The van der Waals surface area contributed by atoms with Crippen LogP contribution in [-0.2, 0) is 6.54 Å². The van der Waals surface area contributed by atoms with E-state index in [0.29, 0.717) is 11.3 Å². The van der Waals surface area contributed by atoms with Crippen LogP contribution < -0.4 is 5.32 Å². The second kappa shape index (κ2) is 5.24. The lowest BCUT2D eigenvalue weighted by Crippen LogP contribution is -2.32. The predicted molar refractivity (Wildman–Crippen MR) is 66.5 cm³/mol. The van der Waals surface area contributed by atoms with Crippen LogP contribution >= 0.6 is 11.6 Å². The Morgan fingerprint density at radius 1 is 1.44 bits per heavy atom. The molecule has 2 rings (SSSR count). The van der Waals surface area contributed by atoms with Crippen molar-refractivity contribution in [2.45, 2.75) is 45.7 Å². The molecule has 1 N–H and O–H groups in total. The molecule has 3 atom stereocenters. The lowest BCUT2D eigenvalue weighted by Gasteiger charge is -2.20. The zero-order chi connectivity index (χ0) is 11.5. The van der Waals surface area contributed by atoms with E-state index in [1.54, 1.807) is 6.07 Å². The van der Waals surface area contributed by atoms with Gasteiger partial charge < -0.3 is 9.73 Å². The van der Waals surface area contributed by atoms with Gasteiger partial charge in [-0.15, -0.1) is 0 Å². The van der Waals surface area contributed by atoms with Gasteiger partial charge in [-0.05, 0) is 48.4 Å². The molecular formula is C13H20ClNO. The Balaban J connectivity index is 1.83. The van der Waals surface area contributed by atoms with Gasteiger partial charge in [-0.25, -0.2) is 0 Å². The van der Waals surface area contributed by atoms with Crippen LogP contribution in [0.1, 0.15) is 38.9 Å². The van der Waals surface area contributed by atoms with Gasteiger partial charge in [0.2, 0.25) is 0 Å². The molecule has 2 nitrogen and oxygen atoms in total. The van der Waals surface area contributed by atoms with Crippen molar-refractivity contribution in [3.8, 4) is 0 Å². The summed E-state index contributed by atoms with van der Waals surface area (Å²) in [5, 5.41) is 4.05. The first-order valence-corrected chi connectivity index (χ1v) is 6.56. The molecule has 90 valence electrons. The van der Waals surface area contributed by atoms with Gasteiger partial charge in [-0.1, -0.05) is 20.3 Å². The first-order valence-electron chi connectivity index (χ1n) is 6.18. The summed E-state index contributed by atoms with van der Waals surface area (Å²) in [6.45, 7) is 5.43. The fourth-order valence-electron chi connectivity index (χ4n) is 2.79. The minimum absolute atomic E-state index is 0.475. The van der Waals surface area contributed by atoms with Crippen LogP contribution in [0.5, 0.6) is 0 Å². The number of hydrogen-bond donors (Lipinski definition) is 1. The molecule has 0 aromatic carbocycles. The number of hydrogen-bond acceptors (Lipinski definition) is 2. The minimum Gasteiger partial charge on any atom is -0.448 e. The Morgan fingerprint density at radius 3 is 2.81 bits per heavy atom. The van der Waals surface area contributed by atoms with Crippen LogP contribution in [0.4, 0.5) is 0 Å². The van der Waals surface area contributed by atoms with E-state index in [2.05, 4.69) is 19.2 Å². The van der Waals surface area contributed by atoms with Crippen LogP contribution in [0.15, 0.2) is 16.5 Å². The van der Waals surface area contributed by atoms with Crippen molar-refractivity contribution in [3.63, 3.8) is 0 Å². The summed E-state index contributed by atoms with van der Waals surface area (Å²) in [4.78, 5) is 0. The maximum atomic E-state index is 5.74. The van der Waals surface area contributed by atoms with Crippen LogP contribution in [-0.4, -0.2) is 6.04 Å². The molecule has 0 amide bonds. The van der Waals surface area contributed by atoms with E-state index in [-0.39, 0.29) is 0 Å². The third kappa shape index (κ3) is 2.61. The molecule has 0 spiro atoms. The summed E-state index contributed by atoms with van der Waals surface area (Å²) >= 11 is 5.74. The molecule has 1 saturated carbocycles. The normalized spacial score (nSPS) is 29.8. The third-order valence-corrected chi connectivity index (χ3v) is 4.12. The molecule has 1 aliphatic carbocycles. The number of rotatable bonds is 4. The Kier molecular flexibility index (Phi) is 3.93. The molecule has 0 saturated heterocycles. The van der Waals surface area contributed by atoms with Crippen molar-refractivity contribution in [3.05, 3.63) is 23.1 Å². The van der Waals surface area contributed by atoms with Crippen molar-refractivity contribution in [1.29, 1.82) is 0 Å². The van der Waals surface area contributed by atoms with Gasteiger partial charge in [0.25, 0.3) is 0 Å². The highest BCUT2D eigenvalue weighted by Gasteiger charge is 2.30. The van der Waals surface area contributed by atoms with Crippen molar-refractivity contribution < 1.29 is 4.42 Å². The third-order valence-electron chi connectivity index (χ3n) is 3.92. The Morgan fingerprint density at radius 2 is 2.25 bits per heavy atom. The van der Waals surface area contributed by atoms with E-state index in [1.165, 1.54) is 19.3 Å². The van der Waals surface area contributed by atoms with Gasteiger partial charge in [0.1, 0.15) is 5.76 Å². The zero-order valence-electron chi connectivity index (χ0n) is 10.0. The number of halogens is 1. The summed E-state index contributed by atoms with van der Waals surface area (Å²) < 4.78 is 5.33. The molecule has 0 aliphatic heterocycles. The number of nitrogens with one attached hydrogen (secondary N) is 1. The van der Waals surface area contributed by atoms with E-state index in [9.17, 15) is 0 Å². The van der Waals surface area contributed by atoms with Crippen molar-refractivity contribution in [2.75, 3.05) is 0 Å². The highest BCUT2D eigenvalue weighted by molar-refractivity contribution is 6.28. The Labute approximate surface area is 102 Å². The second-order valence-electron chi connectivity index (χ2n) is 4.80. The summed E-state index contributed by atoms with van der Waals surface area (Å²) in [6.07, 6.45) is 3.94. The van der Waals surface area contributed by atoms with E-state index < -0.39 is 0 Å². The van der Waals surface area contributed by atoms with Crippen molar-refractivity contribution in [1.82, 2.24) is 5.32 Å². The fraction of sp³-hybridized carbons (Fsp3) is 0.692. The molecule has 1 aromatic rings. The molecule has 1 aliphatic rings. The fourth-order valence-corrected chi connectivity index (χ4v) is 2.95. The minimum atomic E-state index is 0.475. The van der Waals surface area contributed by atoms with E-state index in [4.69, 9.17) is 16.0 Å². The summed E-state index contributed by atoms with van der Waals surface area (Å²) in [7, 11) is 0. The first kappa shape index (κ1) is 12.0. The SMILES string of the molecule is CCC1CCC(NCc2ccc(Cl)o2)C1C. The monoisotopic (exact) mass is 241 g/mol. The molecule has 1 heterocycles. The van der Waals surface area contributed by atoms with Crippen molar-refractivity contribution >= 4 is 11.6 Å². The smallest absolute Gasteiger partial charge is 0.193 e. The van der Waals surface area contributed by atoms with Gasteiger partial charge in [0.05, 0.1) is 6.54 Å². The number of furan rings is 1. The Bertz CT molecular complexity index is 336. The average molecular weight is 242 g/mol. The topological polar surface area (TPSA) is 25.2 Å². The Hall–Kier alpha value is -0.470. The quantitative estimate of drug-likeness (QED) is 0.866. The van der Waals surface area contributed by atoms with Gasteiger partial charge in [0.15, 0.2) is 5.22 Å². The molecule has 16 heavy (non-hydrogen) atoms. The standard InChI is InChI=1S/C13H20ClNO/c1-3-10-4-6-12(9(10)2)15-8-11-5-7-13(14)16-11/h5,7,9-10,12,15H,3-4,6,8H2,1-2H3. The van der Waals surface area contributed by atoms with E-state index in [1.807, 2.05) is 6.07 Å². The average Bonchev–Trinajstić information content (AvgIpc) is 2.83. The van der Waals surface area contributed by atoms with E-state index >= 15 is 0 Å². The molecule has 0 bridgehead atoms. The molecular weight excluding hydrogens is 222 g/mol. The van der Waals surface area contributed by atoms with Crippen molar-refractivity contribution in [2.24, 2.45) is 11.8 Å². The van der Waals surface area contributed by atoms with Gasteiger partial charge >= 0.3 is 0 Å². The summed E-state index contributed by atoms with van der Waals surface area (Å²) in [6, 6.07) is 4.37. The van der Waals surface area contributed by atoms with Crippen LogP contribution in [0.3, 0.4) is 0 Å². The van der Waals surface area contributed by atoms with Gasteiger partial charge in [-0.2, -0.15) is 0 Å². The molecule has 3 heteroatoms. The van der Waals surface area contributed by atoms with Gasteiger partial charge in [0, 0.05) is 6.04 Å². The van der Waals surface area contributed by atoms with Crippen LogP contribution in [0.2, 0.25) is 5.22 Å². The summed E-state index contributed by atoms with van der Waals surface area (Å²) in [5.74, 6) is 2.59. The highest BCUT2D eigenvalue weighted by Crippen LogP contribution is 2.34. The van der Waals surface area contributed by atoms with Gasteiger partial charge in [-0.3, -0.25) is 0 Å². The second-order valence-corrected chi connectivity index (χ2v) is 5.17. The summed E-state index contributed by atoms with van der Waals surface area (Å²) in [5.41, 5.74) is 0. The van der Waals surface area contributed by atoms with Crippen LogP contribution in [0.25, 0.3) is 0 Å². The molecule has 1 fully saturated rings. The zero-order valence-corrected chi connectivity index (χ0v) is 10.8. The molecule has 1 aromatic heterocycles. The van der Waals surface area contributed by atoms with Crippen LogP contribution in [0, 0.1) is 11.8 Å². The predicted octanol–water partition coefficient (Wildman–Crippen LogP) is 3.85. The maximum absolute atomic E-state index is 5.74. The van der Waals surface area contributed by atoms with E-state index in [0.717, 1.165) is 24.1 Å². The lowest BCUT2D eigenvalue weighted by atomic mass is 9.93. The molecule has 0 radical (unpaired) electrons. The molecule has 3 unspecified atom stereocenters. The maximum Gasteiger partial charge on any atom is 0.193 e. The largest absolute Gasteiger partial charge is 0.448 e. The first-order chi connectivity index (χ1) is 7.70. The highest BCUT2D eigenvalue weighted by atomic mass is 35.5. The lowest BCUT2D eigenvalue weighted by molar-refractivity contribution is 0.335.